The lowest BCUT2D eigenvalue weighted by Gasteiger charge is -2.00. The van der Waals surface area contributed by atoms with Crippen molar-refractivity contribution in [1.82, 2.24) is 0 Å². The number of thioether (sulfide) groups is 1. The van der Waals surface area contributed by atoms with Crippen molar-refractivity contribution in [2.75, 3.05) is 5.75 Å². The third-order valence-electron chi connectivity index (χ3n) is 1.71. The molecule has 0 aliphatic carbocycles. The Labute approximate surface area is 109 Å². The van der Waals surface area contributed by atoms with Gasteiger partial charge in [0.1, 0.15) is 0 Å². The predicted molar refractivity (Wildman–Crippen MR) is 78.4 cm³/mol. The third kappa shape index (κ3) is 15.0. The van der Waals surface area contributed by atoms with Crippen LogP contribution in [0.15, 0.2) is 35.8 Å². The molecule has 2 nitrogen and oxygen atoms in total. The van der Waals surface area contributed by atoms with Crippen LogP contribution in [0.4, 0.5) is 0 Å². The molecule has 0 aliphatic heterocycles. The Hall–Kier alpha value is -0.960. The molecule has 0 aromatic carbocycles. The Morgan fingerprint density at radius 2 is 2.00 bits per heavy atom. The standard InChI is InChI=1S/C12H18O2S.C2H6/c1-3-5-8-11(4-2)15-10-7-6-9-12(13)14;1-2/h3-5,8H,2,6-7,9-10H2,1H3,(H,13,14);1-2H3/b5-3-,11-8+;. The maximum absolute atomic E-state index is 10.3. The molecule has 0 atom stereocenters. The van der Waals surface area contributed by atoms with Crippen LogP contribution >= 0.6 is 11.8 Å². The van der Waals surface area contributed by atoms with Gasteiger partial charge in [-0.3, -0.25) is 4.79 Å². The average molecular weight is 256 g/mol. The summed E-state index contributed by atoms with van der Waals surface area (Å²) < 4.78 is 0. The maximum atomic E-state index is 10.3. The number of unbranched alkanes of at least 4 members (excludes halogenated alkanes) is 1. The summed E-state index contributed by atoms with van der Waals surface area (Å²) in [5.41, 5.74) is 0. The first-order valence-corrected chi connectivity index (χ1v) is 6.99. The first-order valence-electron chi connectivity index (χ1n) is 6.00. The zero-order chi connectivity index (χ0) is 13.5. The highest BCUT2D eigenvalue weighted by Crippen LogP contribution is 2.18. The smallest absolute Gasteiger partial charge is 0.303 e. The topological polar surface area (TPSA) is 37.3 Å². The normalized spacial score (nSPS) is 10.9. The van der Waals surface area contributed by atoms with Crippen LogP contribution in [0, 0.1) is 0 Å². The van der Waals surface area contributed by atoms with Crippen molar-refractivity contribution in [2.24, 2.45) is 0 Å². The van der Waals surface area contributed by atoms with Gasteiger partial charge < -0.3 is 5.11 Å². The Bertz CT molecular complexity index is 255. The molecule has 0 aromatic rings. The van der Waals surface area contributed by atoms with Crippen molar-refractivity contribution in [1.29, 1.82) is 0 Å². The molecular formula is C14H24O2S. The molecule has 3 heteroatoms. The second-order valence-electron chi connectivity index (χ2n) is 3.00. The van der Waals surface area contributed by atoms with E-state index in [1.54, 1.807) is 11.8 Å². The van der Waals surface area contributed by atoms with E-state index in [0.717, 1.165) is 23.5 Å². The summed E-state index contributed by atoms with van der Waals surface area (Å²) in [5, 5.41) is 8.44. The van der Waals surface area contributed by atoms with Gasteiger partial charge in [0.25, 0.3) is 0 Å². The van der Waals surface area contributed by atoms with E-state index in [1.807, 2.05) is 45.1 Å². The van der Waals surface area contributed by atoms with Gasteiger partial charge in [-0.1, -0.05) is 38.7 Å². The lowest BCUT2D eigenvalue weighted by Crippen LogP contribution is -1.94. The molecule has 0 saturated carbocycles. The molecular weight excluding hydrogens is 232 g/mol. The molecule has 0 unspecified atom stereocenters. The van der Waals surface area contributed by atoms with Gasteiger partial charge >= 0.3 is 5.97 Å². The first-order chi connectivity index (χ1) is 8.20. The molecule has 0 aliphatic rings. The van der Waals surface area contributed by atoms with Gasteiger partial charge in [-0.2, -0.15) is 0 Å². The molecule has 0 rings (SSSR count). The average Bonchev–Trinajstić information content (AvgIpc) is 2.35. The SMILES string of the molecule is C=C/C(=C\C=C/C)SCCCCC(=O)O.CC. The second-order valence-corrected chi connectivity index (χ2v) is 4.17. The molecule has 0 fully saturated rings. The summed E-state index contributed by atoms with van der Waals surface area (Å²) in [6.45, 7) is 9.69. The minimum absolute atomic E-state index is 0.266. The fourth-order valence-corrected chi connectivity index (χ4v) is 1.81. The van der Waals surface area contributed by atoms with Gasteiger partial charge in [0.15, 0.2) is 0 Å². The van der Waals surface area contributed by atoms with E-state index in [4.69, 9.17) is 5.11 Å². The Morgan fingerprint density at radius 1 is 1.35 bits per heavy atom. The van der Waals surface area contributed by atoms with Gasteiger partial charge in [-0.05, 0) is 31.6 Å². The van der Waals surface area contributed by atoms with Gasteiger partial charge in [0.2, 0.25) is 0 Å². The Balaban J connectivity index is 0. The maximum Gasteiger partial charge on any atom is 0.303 e. The van der Waals surface area contributed by atoms with Crippen molar-refractivity contribution in [3.63, 3.8) is 0 Å². The van der Waals surface area contributed by atoms with Gasteiger partial charge in [-0.15, -0.1) is 11.8 Å². The van der Waals surface area contributed by atoms with E-state index >= 15 is 0 Å². The van der Waals surface area contributed by atoms with Crippen LogP contribution in [0.1, 0.15) is 40.0 Å². The second kappa shape index (κ2) is 15.0. The highest BCUT2D eigenvalue weighted by Gasteiger charge is 1.97. The largest absolute Gasteiger partial charge is 0.481 e. The van der Waals surface area contributed by atoms with E-state index in [9.17, 15) is 4.79 Å². The molecule has 0 heterocycles. The molecule has 0 spiro atoms. The van der Waals surface area contributed by atoms with Gasteiger partial charge in [0.05, 0.1) is 0 Å². The van der Waals surface area contributed by atoms with E-state index in [-0.39, 0.29) is 6.42 Å². The van der Waals surface area contributed by atoms with E-state index in [1.165, 1.54) is 0 Å². The summed E-state index contributed by atoms with van der Waals surface area (Å²) in [6, 6.07) is 0. The Morgan fingerprint density at radius 3 is 2.47 bits per heavy atom. The fraction of sp³-hybridized carbons (Fsp3) is 0.500. The summed E-state index contributed by atoms with van der Waals surface area (Å²) in [4.78, 5) is 11.4. The monoisotopic (exact) mass is 256 g/mol. The lowest BCUT2D eigenvalue weighted by molar-refractivity contribution is -0.137. The minimum Gasteiger partial charge on any atom is -0.481 e. The summed E-state index contributed by atoms with van der Waals surface area (Å²) in [5.74, 6) is 0.233. The lowest BCUT2D eigenvalue weighted by atomic mass is 10.2. The number of carboxylic acid groups (broad SMARTS) is 1. The molecule has 0 saturated heterocycles. The molecule has 0 radical (unpaired) electrons. The van der Waals surface area contributed by atoms with Crippen LogP contribution in [0.25, 0.3) is 0 Å². The molecule has 17 heavy (non-hydrogen) atoms. The molecule has 1 N–H and O–H groups in total. The molecule has 0 amide bonds. The van der Waals surface area contributed by atoms with Crippen LogP contribution in [0.5, 0.6) is 0 Å². The number of aliphatic carboxylic acids is 1. The van der Waals surface area contributed by atoms with Crippen LogP contribution < -0.4 is 0 Å². The van der Waals surface area contributed by atoms with Crippen molar-refractivity contribution < 1.29 is 9.90 Å². The quantitative estimate of drug-likeness (QED) is 0.507. The number of hydrogen-bond acceptors (Lipinski definition) is 2. The number of hydrogen-bond donors (Lipinski definition) is 1. The van der Waals surface area contributed by atoms with Crippen molar-refractivity contribution in [3.8, 4) is 0 Å². The van der Waals surface area contributed by atoms with Crippen molar-refractivity contribution in [2.45, 2.75) is 40.0 Å². The van der Waals surface area contributed by atoms with E-state index in [0.29, 0.717) is 0 Å². The number of rotatable bonds is 8. The minimum atomic E-state index is -0.714. The number of carbonyl (C=O) groups is 1. The predicted octanol–water partition coefficient (Wildman–Crippen LogP) is 4.65. The first kappa shape index (κ1) is 18.4. The molecule has 0 aromatic heterocycles. The highest BCUT2D eigenvalue weighted by atomic mass is 32.2. The third-order valence-corrected chi connectivity index (χ3v) is 2.84. The van der Waals surface area contributed by atoms with Crippen LogP contribution in [0.2, 0.25) is 0 Å². The van der Waals surface area contributed by atoms with Crippen LogP contribution in [-0.2, 0) is 4.79 Å². The van der Waals surface area contributed by atoms with Gasteiger partial charge in [-0.25, -0.2) is 0 Å². The summed E-state index contributed by atoms with van der Waals surface area (Å²) in [6.07, 6.45) is 9.71. The zero-order valence-corrected chi connectivity index (χ0v) is 11.9. The summed E-state index contributed by atoms with van der Waals surface area (Å²) >= 11 is 1.71. The molecule has 0 bridgehead atoms. The zero-order valence-electron chi connectivity index (χ0n) is 11.1. The molecule has 98 valence electrons. The van der Waals surface area contributed by atoms with Crippen LogP contribution in [-0.4, -0.2) is 16.8 Å². The Kier molecular flexibility index (Phi) is 16.3. The summed E-state index contributed by atoms with van der Waals surface area (Å²) in [7, 11) is 0. The van der Waals surface area contributed by atoms with Crippen LogP contribution in [0.3, 0.4) is 0 Å². The van der Waals surface area contributed by atoms with Gasteiger partial charge in [0, 0.05) is 11.3 Å². The number of allylic oxidation sites excluding steroid dienone is 4. The fourth-order valence-electron chi connectivity index (χ4n) is 0.934. The van der Waals surface area contributed by atoms with Crippen molar-refractivity contribution >= 4 is 17.7 Å². The van der Waals surface area contributed by atoms with E-state index in [2.05, 4.69) is 6.58 Å². The van der Waals surface area contributed by atoms with E-state index < -0.39 is 5.97 Å². The highest BCUT2D eigenvalue weighted by molar-refractivity contribution is 8.03. The van der Waals surface area contributed by atoms with Crippen molar-refractivity contribution in [3.05, 3.63) is 35.8 Å². The number of carboxylic acids is 1.